The van der Waals surface area contributed by atoms with Crippen LogP contribution in [0, 0.1) is 12.7 Å². The van der Waals surface area contributed by atoms with Crippen LogP contribution in [0.1, 0.15) is 32.5 Å². The Bertz CT molecular complexity index is 730. The Morgan fingerprint density at radius 2 is 2.09 bits per heavy atom. The van der Waals surface area contributed by atoms with E-state index < -0.39 is 17.7 Å². The number of nitrogens with one attached hydrogen (secondary N) is 1. The fourth-order valence-electron chi connectivity index (χ4n) is 1.79. The van der Waals surface area contributed by atoms with Gasteiger partial charge in [0, 0.05) is 4.47 Å². The third-order valence-electron chi connectivity index (χ3n) is 2.79. The number of thiophene rings is 1. The molecule has 0 saturated carbocycles. The molecule has 116 valence electrons. The highest BCUT2D eigenvalue weighted by Crippen LogP contribution is 2.28. The number of halogens is 2. The van der Waals surface area contributed by atoms with Crippen LogP contribution in [0.4, 0.5) is 9.39 Å². The number of hydrogen-bond acceptors (Lipinski definition) is 4. The minimum absolute atomic E-state index is 0.184. The summed E-state index contributed by atoms with van der Waals surface area (Å²) in [6.45, 7) is 3.77. The minimum atomic E-state index is -0.497. The van der Waals surface area contributed by atoms with Gasteiger partial charge in [0.1, 0.15) is 10.7 Å². The summed E-state index contributed by atoms with van der Waals surface area (Å²) in [5.41, 5.74) is 0.904. The molecule has 0 saturated heterocycles. The zero-order valence-electron chi connectivity index (χ0n) is 11.9. The molecule has 0 radical (unpaired) electrons. The SMILES string of the molecule is CCOC(=O)c1sc(NC(=O)c2cc(F)ccc2Br)cc1C. The molecule has 0 aliphatic rings. The maximum absolute atomic E-state index is 13.2. The average Bonchev–Trinajstić information content (AvgIpc) is 2.82. The van der Waals surface area contributed by atoms with Crippen molar-refractivity contribution in [3.05, 3.63) is 50.6 Å². The van der Waals surface area contributed by atoms with Crippen LogP contribution in [0.3, 0.4) is 0 Å². The minimum Gasteiger partial charge on any atom is -0.462 e. The number of carbonyl (C=O) groups excluding carboxylic acids is 2. The molecule has 0 unspecified atom stereocenters. The molecule has 2 rings (SSSR count). The zero-order chi connectivity index (χ0) is 16.3. The predicted molar refractivity (Wildman–Crippen MR) is 87.1 cm³/mol. The molecule has 22 heavy (non-hydrogen) atoms. The number of amides is 1. The van der Waals surface area contributed by atoms with Gasteiger partial charge in [0.25, 0.3) is 5.91 Å². The van der Waals surface area contributed by atoms with Gasteiger partial charge in [-0.2, -0.15) is 0 Å². The molecular weight excluding hydrogens is 373 g/mol. The van der Waals surface area contributed by atoms with Crippen molar-refractivity contribution < 1.29 is 18.7 Å². The third kappa shape index (κ3) is 3.72. The fraction of sp³-hybridized carbons (Fsp3) is 0.200. The highest BCUT2D eigenvalue weighted by Gasteiger charge is 2.17. The summed E-state index contributed by atoms with van der Waals surface area (Å²) in [5, 5.41) is 3.16. The Morgan fingerprint density at radius 1 is 1.36 bits per heavy atom. The maximum Gasteiger partial charge on any atom is 0.348 e. The van der Waals surface area contributed by atoms with Gasteiger partial charge in [-0.3, -0.25) is 4.79 Å². The second-order valence-corrected chi connectivity index (χ2v) is 6.33. The smallest absolute Gasteiger partial charge is 0.348 e. The van der Waals surface area contributed by atoms with E-state index in [0.717, 1.165) is 23.0 Å². The number of aryl methyl sites for hydroxylation is 1. The van der Waals surface area contributed by atoms with E-state index in [4.69, 9.17) is 4.74 Å². The molecule has 0 aliphatic carbocycles. The fourth-order valence-corrected chi connectivity index (χ4v) is 3.18. The number of ether oxygens (including phenoxy) is 1. The predicted octanol–water partition coefficient (Wildman–Crippen LogP) is 4.39. The molecule has 0 atom stereocenters. The van der Waals surface area contributed by atoms with Crippen LogP contribution in [-0.2, 0) is 4.74 Å². The largest absolute Gasteiger partial charge is 0.462 e. The van der Waals surface area contributed by atoms with Gasteiger partial charge in [-0.05, 0) is 59.6 Å². The van der Waals surface area contributed by atoms with Crippen LogP contribution in [0.15, 0.2) is 28.7 Å². The molecular formula is C15H13BrFNO3S. The summed E-state index contributed by atoms with van der Waals surface area (Å²) in [6, 6.07) is 5.55. The van der Waals surface area contributed by atoms with Crippen LogP contribution in [0.25, 0.3) is 0 Å². The van der Waals surface area contributed by atoms with Gasteiger partial charge in [0.15, 0.2) is 0 Å². The van der Waals surface area contributed by atoms with Crippen molar-refractivity contribution in [3.8, 4) is 0 Å². The zero-order valence-corrected chi connectivity index (χ0v) is 14.3. The number of rotatable bonds is 4. The van der Waals surface area contributed by atoms with Gasteiger partial charge in [0.2, 0.25) is 0 Å². The molecule has 0 fully saturated rings. The first-order valence-electron chi connectivity index (χ1n) is 6.46. The Balaban J connectivity index is 2.20. The average molecular weight is 386 g/mol. The van der Waals surface area contributed by atoms with Gasteiger partial charge in [-0.1, -0.05) is 0 Å². The molecule has 7 heteroatoms. The molecule has 2 aromatic rings. The topological polar surface area (TPSA) is 55.4 Å². The summed E-state index contributed by atoms with van der Waals surface area (Å²) < 4.78 is 18.7. The lowest BCUT2D eigenvalue weighted by Crippen LogP contribution is -2.12. The summed E-state index contributed by atoms with van der Waals surface area (Å²) in [4.78, 5) is 24.4. The Kier molecular flexibility index (Phi) is 5.31. The second kappa shape index (κ2) is 7.02. The monoisotopic (exact) mass is 385 g/mol. The van der Waals surface area contributed by atoms with Gasteiger partial charge in [-0.25, -0.2) is 9.18 Å². The molecule has 1 heterocycles. The van der Waals surface area contributed by atoms with Crippen molar-refractivity contribution >= 4 is 44.1 Å². The number of esters is 1. The van der Waals surface area contributed by atoms with E-state index in [1.165, 1.54) is 12.1 Å². The van der Waals surface area contributed by atoms with E-state index in [-0.39, 0.29) is 12.2 Å². The van der Waals surface area contributed by atoms with E-state index in [0.29, 0.717) is 14.4 Å². The molecule has 1 amide bonds. The molecule has 0 spiro atoms. The molecule has 1 aromatic heterocycles. The Labute approximate surface area is 139 Å². The third-order valence-corrected chi connectivity index (χ3v) is 4.61. The van der Waals surface area contributed by atoms with E-state index in [9.17, 15) is 14.0 Å². The summed E-state index contributed by atoms with van der Waals surface area (Å²) >= 11 is 4.33. The van der Waals surface area contributed by atoms with E-state index >= 15 is 0 Å². The number of carbonyl (C=O) groups is 2. The first-order valence-corrected chi connectivity index (χ1v) is 8.07. The lowest BCUT2D eigenvalue weighted by molar-refractivity contribution is 0.0531. The molecule has 0 bridgehead atoms. The number of benzene rings is 1. The van der Waals surface area contributed by atoms with Crippen LogP contribution < -0.4 is 5.32 Å². The van der Waals surface area contributed by atoms with Gasteiger partial charge < -0.3 is 10.1 Å². The second-order valence-electron chi connectivity index (χ2n) is 4.42. The van der Waals surface area contributed by atoms with Crippen molar-refractivity contribution in [3.63, 3.8) is 0 Å². The van der Waals surface area contributed by atoms with Crippen molar-refractivity contribution in [2.45, 2.75) is 13.8 Å². The van der Waals surface area contributed by atoms with Gasteiger partial charge in [0.05, 0.1) is 17.2 Å². The first kappa shape index (κ1) is 16.6. The highest BCUT2D eigenvalue weighted by molar-refractivity contribution is 9.10. The number of anilines is 1. The molecule has 0 aliphatic heterocycles. The quantitative estimate of drug-likeness (QED) is 0.794. The van der Waals surface area contributed by atoms with Crippen molar-refractivity contribution in [2.75, 3.05) is 11.9 Å². The van der Waals surface area contributed by atoms with E-state index in [2.05, 4.69) is 21.2 Å². The standard InChI is InChI=1S/C15H13BrFNO3S/c1-3-21-15(20)13-8(2)6-12(22-13)18-14(19)10-7-9(17)4-5-11(10)16/h4-7H,3H2,1-2H3,(H,18,19). The summed E-state index contributed by atoms with van der Waals surface area (Å²) in [7, 11) is 0. The molecule has 4 nitrogen and oxygen atoms in total. The summed E-state index contributed by atoms with van der Waals surface area (Å²) in [5.74, 6) is -1.37. The molecule has 1 N–H and O–H groups in total. The normalized spacial score (nSPS) is 10.4. The van der Waals surface area contributed by atoms with E-state index in [1.54, 1.807) is 19.9 Å². The summed E-state index contributed by atoms with van der Waals surface area (Å²) in [6.07, 6.45) is 0. The van der Waals surface area contributed by atoms with Gasteiger partial charge >= 0.3 is 5.97 Å². The van der Waals surface area contributed by atoms with Gasteiger partial charge in [-0.15, -0.1) is 11.3 Å². The van der Waals surface area contributed by atoms with Crippen LogP contribution in [-0.4, -0.2) is 18.5 Å². The van der Waals surface area contributed by atoms with Crippen molar-refractivity contribution in [2.24, 2.45) is 0 Å². The van der Waals surface area contributed by atoms with Crippen molar-refractivity contribution in [1.29, 1.82) is 0 Å². The lowest BCUT2D eigenvalue weighted by atomic mass is 10.2. The lowest BCUT2D eigenvalue weighted by Gasteiger charge is -2.05. The van der Waals surface area contributed by atoms with E-state index in [1.807, 2.05) is 0 Å². The van der Waals surface area contributed by atoms with Crippen LogP contribution in [0.2, 0.25) is 0 Å². The Hall–Kier alpha value is -1.73. The number of hydrogen-bond donors (Lipinski definition) is 1. The van der Waals surface area contributed by atoms with Crippen LogP contribution >= 0.6 is 27.3 Å². The molecule has 1 aromatic carbocycles. The van der Waals surface area contributed by atoms with Crippen LogP contribution in [0.5, 0.6) is 0 Å². The maximum atomic E-state index is 13.2. The Morgan fingerprint density at radius 3 is 2.77 bits per heavy atom. The highest BCUT2D eigenvalue weighted by atomic mass is 79.9. The van der Waals surface area contributed by atoms with Crippen molar-refractivity contribution in [1.82, 2.24) is 0 Å². The first-order chi connectivity index (χ1) is 10.4.